The van der Waals surface area contributed by atoms with Gasteiger partial charge in [-0.3, -0.25) is 9.59 Å². The Hall–Kier alpha value is -3.54. The van der Waals surface area contributed by atoms with Crippen LogP contribution in [-0.2, 0) is 21.9 Å². The predicted molar refractivity (Wildman–Crippen MR) is 127 cm³/mol. The second-order valence-electron chi connectivity index (χ2n) is 9.00. The number of hydrogen-bond acceptors (Lipinski definition) is 4. The summed E-state index contributed by atoms with van der Waals surface area (Å²) in [4.78, 5) is 27.4. The Morgan fingerprint density at radius 3 is 2.03 bits per heavy atom. The molecule has 5 N–H and O–H groups in total. The summed E-state index contributed by atoms with van der Waals surface area (Å²) < 4.78 is 78.1. The highest BCUT2D eigenvalue weighted by Gasteiger charge is 2.39. The first-order chi connectivity index (χ1) is 17.1. The molecule has 1 aliphatic rings. The Bertz CT molecular complexity index is 1170. The van der Waals surface area contributed by atoms with Crippen LogP contribution in [0.25, 0.3) is 5.57 Å². The van der Waals surface area contributed by atoms with Gasteiger partial charge in [0, 0.05) is 16.9 Å². The molecule has 0 aliphatic heterocycles. The maximum absolute atomic E-state index is 13.4. The Kier molecular flexibility index (Phi) is 7.91. The molecule has 0 saturated heterocycles. The maximum atomic E-state index is 13.4. The van der Waals surface area contributed by atoms with E-state index in [-0.39, 0.29) is 22.5 Å². The highest BCUT2D eigenvalue weighted by Crippen LogP contribution is 2.34. The summed E-state index contributed by atoms with van der Waals surface area (Å²) in [7, 11) is 0. The number of nitrogen functional groups attached to an aromatic ring is 1. The summed E-state index contributed by atoms with van der Waals surface area (Å²) in [6, 6.07) is 6.37. The van der Waals surface area contributed by atoms with Crippen molar-refractivity contribution in [1.29, 1.82) is 0 Å². The van der Waals surface area contributed by atoms with Gasteiger partial charge in [-0.05, 0) is 61.6 Å². The molecule has 0 radical (unpaired) electrons. The smallest absolute Gasteiger partial charge is 0.399 e. The van der Waals surface area contributed by atoms with E-state index in [2.05, 4.69) is 11.9 Å². The minimum Gasteiger partial charge on any atom is -0.399 e. The first-order valence-corrected chi connectivity index (χ1v) is 11.4. The molecule has 1 saturated carbocycles. The SMILES string of the molecule is C=C(C(=O)N(CC(=O)Nc1cc(N)cc(C(F)(F)F)c1)C1(N)CCCCC1)c1ccc(C(F)(F)F)cc1. The van der Waals surface area contributed by atoms with Gasteiger partial charge in [0.2, 0.25) is 5.91 Å². The Morgan fingerprint density at radius 2 is 1.49 bits per heavy atom. The van der Waals surface area contributed by atoms with Crippen LogP contribution < -0.4 is 16.8 Å². The molecule has 1 aliphatic carbocycles. The lowest BCUT2D eigenvalue weighted by Gasteiger charge is -2.43. The van der Waals surface area contributed by atoms with Gasteiger partial charge in [-0.15, -0.1) is 0 Å². The van der Waals surface area contributed by atoms with E-state index < -0.39 is 47.5 Å². The minimum absolute atomic E-state index is 0.105. The highest BCUT2D eigenvalue weighted by molar-refractivity contribution is 6.19. The second kappa shape index (κ2) is 10.4. The lowest BCUT2D eigenvalue weighted by Crippen LogP contribution is -2.61. The van der Waals surface area contributed by atoms with Crippen LogP contribution in [0.3, 0.4) is 0 Å². The number of nitrogens with one attached hydrogen (secondary N) is 1. The molecule has 6 nitrogen and oxygen atoms in total. The number of nitrogens with zero attached hydrogens (tertiary/aromatic N) is 1. The van der Waals surface area contributed by atoms with E-state index in [4.69, 9.17) is 11.5 Å². The summed E-state index contributed by atoms with van der Waals surface area (Å²) in [6.45, 7) is 3.08. The molecule has 200 valence electrons. The topological polar surface area (TPSA) is 101 Å². The minimum atomic E-state index is -4.69. The summed E-state index contributed by atoms with van der Waals surface area (Å²) >= 11 is 0. The molecule has 1 fully saturated rings. The van der Waals surface area contributed by atoms with Crippen LogP contribution in [0.4, 0.5) is 37.7 Å². The fourth-order valence-corrected chi connectivity index (χ4v) is 4.24. The van der Waals surface area contributed by atoms with E-state index in [0.717, 1.165) is 47.7 Å². The highest BCUT2D eigenvalue weighted by atomic mass is 19.4. The second-order valence-corrected chi connectivity index (χ2v) is 9.00. The van der Waals surface area contributed by atoms with Crippen LogP contribution in [0, 0.1) is 0 Å². The number of nitrogens with two attached hydrogens (primary N) is 2. The average molecular weight is 528 g/mol. The van der Waals surface area contributed by atoms with Gasteiger partial charge in [-0.25, -0.2) is 0 Å². The molecule has 0 unspecified atom stereocenters. The van der Waals surface area contributed by atoms with E-state index in [1.807, 2.05) is 0 Å². The maximum Gasteiger partial charge on any atom is 0.416 e. The Morgan fingerprint density at radius 1 is 0.919 bits per heavy atom. The van der Waals surface area contributed by atoms with E-state index >= 15 is 0 Å². The quantitative estimate of drug-likeness (QED) is 0.202. The van der Waals surface area contributed by atoms with E-state index in [1.165, 1.54) is 0 Å². The van der Waals surface area contributed by atoms with Gasteiger partial charge in [0.15, 0.2) is 0 Å². The molecular weight excluding hydrogens is 502 g/mol. The van der Waals surface area contributed by atoms with Gasteiger partial charge in [0.25, 0.3) is 5.91 Å². The molecule has 2 aromatic carbocycles. The van der Waals surface area contributed by atoms with E-state index in [0.29, 0.717) is 31.7 Å². The summed E-state index contributed by atoms with van der Waals surface area (Å²) in [5.41, 5.74) is 8.31. The number of benzene rings is 2. The lowest BCUT2D eigenvalue weighted by atomic mass is 9.87. The van der Waals surface area contributed by atoms with Gasteiger partial charge in [-0.1, -0.05) is 25.1 Å². The first kappa shape index (κ1) is 28.0. The molecule has 0 spiro atoms. The molecule has 3 rings (SSSR count). The van der Waals surface area contributed by atoms with Crippen molar-refractivity contribution >= 4 is 28.8 Å². The van der Waals surface area contributed by atoms with Crippen LogP contribution in [0.15, 0.2) is 49.0 Å². The van der Waals surface area contributed by atoms with Crippen molar-refractivity contribution in [2.75, 3.05) is 17.6 Å². The molecule has 0 aromatic heterocycles. The number of anilines is 2. The largest absolute Gasteiger partial charge is 0.416 e. The van der Waals surface area contributed by atoms with Gasteiger partial charge in [0.1, 0.15) is 6.54 Å². The monoisotopic (exact) mass is 528 g/mol. The third-order valence-electron chi connectivity index (χ3n) is 6.19. The molecular formula is C25H26F6N4O2. The zero-order valence-electron chi connectivity index (χ0n) is 19.7. The number of hydrogen-bond donors (Lipinski definition) is 3. The summed E-state index contributed by atoms with van der Waals surface area (Å²) in [5.74, 6) is -1.61. The molecule has 12 heteroatoms. The standard InChI is InChI=1S/C25H26F6N4O2/c1-15(16-5-7-17(8-6-16)24(26,27)28)22(37)35(23(33)9-3-2-4-10-23)14-21(36)34-20-12-18(25(29,30)31)11-19(32)13-20/h5-8,11-13H,1-4,9-10,14,32-33H2,(H,34,36). The van der Waals surface area contributed by atoms with Gasteiger partial charge in [0.05, 0.1) is 16.8 Å². The average Bonchev–Trinajstić information content (AvgIpc) is 2.80. The van der Waals surface area contributed by atoms with Gasteiger partial charge in [-0.2, -0.15) is 26.3 Å². The molecule has 2 aromatic rings. The Balaban J connectivity index is 1.86. The molecule has 2 amide bonds. The van der Waals surface area contributed by atoms with Crippen LogP contribution in [0.2, 0.25) is 0 Å². The number of amides is 2. The van der Waals surface area contributed by atoms with Crippen LogP contribution >= 0.6 is 0 Å². The normalized spacial score (nSPS) is 15.6. The van der Waals surface area contributed by atoms with E-state index in [9.17, 15) is 35.9 Å². The fourth-order valence-electron chi connectivity index (χ4n) is 4.24. The summed E-state index contributed by atoms with van der Waals surface area (Å²) in [5, 5.41) is 2.32. The zero-order chi connectivity index (χ0) is 27.6. The van der Waals surface area contributed by atoms with Gasteiger partial charge < -0.3 is 21.7 Å². The van der Waals surface area contributed by atoms with E-state index in [1.54, 1.807) is 0 Å². The summed E-state index contributed by atoms with van der Waals surface area (Å²) in [6.07, 6.45) is -6.37. The van der Waals surface area contributed by atoms with Crippen LogP contribution in [0.1, 0.15) is 48.8 Å². The number of alkyl halides is 6. The van der Waals surface area contributed by atoms with Crippen LogP contribution in [0.5, 0.6) is 0 Å². The number of carbonyl (C=O) groups is 2. The fraction of sp³-hybridized carbons (Fsp3) is 0.360. The van der Waals surface area contributed by atoms with Crippen LogP contribution in [-0.4, -0.2) is 28.9 Å². The zero-order valence-corrected chi connectivity index (χ0v) is 19.7. The predicted octanol–water partition coefficient (Wildman–Crippen LogP) is 5.41. The van der Waals surface area contributed by atoms with Crippen molar-refractivity contribution in [3.8, 4) is 0 Å². The molecule has 0 atom stereocenters. The van der Waals surface area contributed by atoms with Crippen molar-refractivity contribution in [2.45, 2.75) is 50.1 Å². The third kappa shape index (κ3) is 6.82. The van der Waals surface area contributed by atoms with Crippen molar-refractivity contribution in [2.24, 2.45) is 5.73 Å². The van der Waals surface area contributed by atoms with Crippen molar-refractivity contribution in [3.05, 3.63) is 65.7 Å². The van der Waals surface area contributed by atoms with Crippen molar-refractivity contribution < 1.29 is 35.9 Å². The number of carbonyl (C=O) groups excluding carboxylic acids is 2. The van der Waals surface area contributed by atoms with Gasteiger partial charge >= 0.3 is 12.4 Å². The molecule has 37 heavy (non-hydrogen) atoms. The Labute approximate surface area is 209 Å². The van der Waals surface area contributed by atoms with Crippen molar-refractivity contribution in [1.82, 2.24) is 4.90 Å². The lowest BCUT2D eigenvalue weighted by molar-refractivity contribution is -0.138. The first-order valence-electron chi connectivity index (χ1n) is 11.4. The third-order valence-corrected chi connectivity index (χ3v) is 6.19. The van der Waals surface area contributed by atoms with Crippen molar-refractivity contribution in [3.63, 3.8) is 0 Å². The molecule has 0 bridgehead atoms. The number of halogens is 6. The number of rotatable bonds is 6. The molecule has 0 heterocycles.